The zero-order chi connectivity index (χ0) is 15.5. The fraction of sp³-hybridized carbons (Fsp3) is 0.500. The Bertz CT molecular complexity index is 508. The molecule has 0 heterocycles. The van der Waals surface area contributed by atoms with Crippen molar-refractivity contribution in [3.63, 3.8) is 0 Å². The SMILES string of the molecule is CC(C)(C)OC(=O)NCC(=O)OC1Cc2ccccc2C1. The summed E-state index contributed by atoms with van der Waals surface area (Å²) in [5, 5.41) is 2.40. The highest BCUT2D eigenvalue weighted by molar-refractivity contribution is 5.78. The third kappa shape index (κ3) is 4.77. The maximum absolute atomic E-state index is 11.7. The van der Waals surface area contributed by atoms with Gasteiger partial charge in [-0.3, -0.25) is 4.79 Å². The van der Waals surface area contributed by atoms with Gasteiger partial charge in [0.15, 0.2) is 0 Å². The van der Waals surface area contributed by atoms with E-state index in [9.17, 15) is 9.59 Å². The zero-order valence-electron chi connectivity index (χ0n) is 12.6. The quantitative estimate of drug-likeness (QED) is 0.867. The normalized spacial score (nSPS) is 14.4. The molecule has 0 atom stereocenters. The topological polar surface area (TPSA) is 64.6 Å². The van der Waals surface area contributed by atoms with Gasteiger partial charge >= 0.3 is 12.1 Å². The van der Waals surface area contributed by atoms with Gasteiger partial charge in [-0.15, -0.1) is 0 Å². The maximum atomic E-state index is 11.7. The molecule has 5 heteroatoms. The van der Waals surface area contributed by atoms with Crippen molar-refractivity contribution in [2.24, 2.45) is 0 Å². The van der Waals surface area contributed by atoms with Gasteiger partial charge in [-0.25, -0.2) is 4.79 Å². The lowest BCUT2D eigenvalue weighted by molar-refractivity contribution is -0.147. The number of carbonyl (C=O) groups excluding carboxylic acids is 2. The lowest BCUT2D eigenvalue weighted by atomic mass is 10.1. The molecule has 0 spiro atoms. The van der Waals surface area contributed by atoms with Gasteiger partial charge in [0.1, 0.15) is 18.2 Å². The first-order valence-corrected chi connectivity index (χ1v) is 7.06. The number of hydrogen-bond acceptors (Lipinski definition) is 4. The molecule has 0 aliphatic heterocycles. The molecule has 5 nitrogen and oxygen atoms in total. The first kappa shape index (κ1) is 15.4. The Morgan fingerprint density at radius 3 is 2.29 bits per heavy atom. The summed E-state index contributed by atoms with van der Waals surface area (Å²) in [6, 6.07) is 8.05. The van der Waals surface area contributed by atoms with Gasteiger partial charge in [-0.1, -0.05) is 24.3 Å². The second kappa shape index (κ2) is 6.16. The van der Waals surface area contributed by atoms with E-state index in [1.807, 2.05) is 24.3 Å². The molecule has 1 aromatic rings. The number of alkyl carbamates (subject to hydrolysis) is 1. The van der Waals surface area contributed by atoms with Crippen LogP contribution in [0.15, 0.2) is 24.3 Å². The molecule has 0 fully saturated rings. The first-order valence-electron chi connectivity index (χ1n) is 7.06. The van der Waals surface area contributed by atoms with Gasteiger partial charge in [0.25, 0.3) is 0 Å². The van der Waals surface area contributed by atoms with Gasteiger partial charge in [0.05, 0.1) is 0 Å². The second-order valence-electron chi connectivity index (χ2n) is 6.14. The monoisotopic (exact) mass is 291 g/mol. The van der Waals surface area contributed by atoms with Gasteiger partial charge < -0.3 is 14.8 Å². The van der Waals surface area contributed by atoms with Crippen LogP contribution in [-0.2, 0) is 27.1 Å². The van der Waals surface area contributed by atoms with Gasteiger partial charge in [-0.2, -0.15) is 0 Å². The van der Waals surface area contributed by atoms with Crippen molar-refractivity contribution in [3.8, 4) is 0 Å². The Balaban J connectivity index is 1.73. The van der Waals surface area contributed by atoms with Crippen molar-refractivity contribution in [1.29, 1.82) is 0 Å². The van der Waals surface area contributed by atoms with E-state index in [1.165, 1.54) is 11.1 Å². The summed E-state index contributed by atoms with van der Waals surface area (Å²) in [4.78, 5) is 23.2. The number of esters is 1. The van der Waals surface area contributed by atoms with Crippen LogP contribution >= 0.6 is 0 Å². The molecule has 114 valence electrons. The Kier molecular flexibility index (Phi) is 4.50. The molecule has 1 aliphatic rings. The second-order valence-corrected chi connectivity index (χ2v) is 6.14. The average Bonchev–Trinajstić information content (AvgIpc) is 2.76. The molecule has 2 rings (SSSR count). The minimum atomic E-state index is -0.617. The molecule has 0 unspecified atom stereocenters. The van der Waals surface area contributed by atoms with E-state index in [0.29, 0.717) is 0 Å². The van der Waals surface area contributed by atoms with E-state index < -0.39 is 17.7 Å². The van der Waals surface area contributed by atoms with Gasteiger partial charge in [-0.05, 0) is 31.9 Å². The number of hydrogen-bond donors (Lipinski definition) is 1. The van der Waals surface area contributed by atoms with Crippen LogP contribution in [0.2, 0.25) is 0 Å². The molecule has 0 saturated heterocycles. The van der Waals surface area contributed by atoms with Crippen LogP contribution in [0, 0.1) is 0 Å². The summed E-state index contributed by atoms with van der Waals surface area (Å²) in [5.41, 5.74) is 1.85. The smallest absolute Gasteiger partial charge is 0.408 e. The molecule has 21 heavy (non-hydrogen) atoms. The fourth-order valence-electron chi connectivity index (χ4n) is 2.29. The Morgan fingerprint density at radius 2 is 1.76 bits per heavy atom. The van der Waals surface area contributed by atoms with Crippen molar-refractivity contribution >= 4 is 12.1 Å². The number of nitrogens with one attached hydrogen (secondary N) is 1. The summed E-state index contributed by atoms with van der Waals surface area (Å²) >= 11 is 0. The van der Waals surface area contributed by atoms with E-state index in [4.69, 9.17) is 9.47 Å². The van der Waals surface area contributed by atoms with Crippen LogP contribution in [0.1, 0.15) is 31.9 Å². The number of benzene rings is 1. The molecule has 1 aromatic carbocycles. The summed E-state index contributed by atoms with van der Waals surface area (Å²) in [5.74, 6) is -0.446. The van der Waals surface area contributed by atoms with Crippen molar-refractivity contribution in [3.05, 3.63) is 35.4 Å². The summed E-state index contributed by atoms with van der Waals surface area (Å²) in [7, 11) is 0. The molecule has 0 radical (unpaired) electrons. The number of rotatable bonds is 3. The summed E-state index contributed by atoms with van der Waals surface area (Å²) in [6.45, 7) is 5.11. The largest absolute Gasteiger partial charge is 0.460 e. The van der Waals surface area contributed by atoms with Crippen molar-refractivity contribution < 1.29 is 19.1 Å². The van der Waals surface area contributed by atoms with E-state index >= 15 is 0 Å². The molecule has 0 aromatic heterocycles. The Morgan fingerprint density at radius 1 is 1.19 bits per heavy atom. The average molecular weight is 291 g/mol. The number of fused-ring (bicyclic) bond motifs is 1. The number of amides is 1. The molecule has 0 saturated carbocycles. The van der Waals surface area contributed by atoms with Crippen LogP contribution in [-0.4, -0.2) is 30.3 Å². The van der Waals surface area contributed by atoms with E-state index in [-0.39, 0.29) is 12.6 Å². The van der Waals surface area contributed by atoms with Crippen LogP contribution in [0.25, 0.3) is 0 Å². The third-order valence-corrected chi connectivity index (χ3v) is 3.09. The van der Waals surface area contributed by atoms with Gasteiger partial charge in [0.2, 0.25) is 0 Å². The maximum Gasteiger partial charge on any atom is 0.408 e. The predicted molar refractivity (Wildman–Crippen MR) is 78.0 cm³/mol. The van der Waals surface area contributed by atoms with E-state index in [0.717, 1.165) is 12.8 Å². The molecule has 1 N–H and O–H groups in total. The van der Waals surface area contributed by atoms with Crippen LogP contribution < -0.4 is 5.32 Å². The van der Waals surface area contributed by atoms with Crippen molar-refractivity contribution in [2.75, 3.05) is 6.54 Å². The fourth-order valence-corrected chi connectivity index (χ4v) is 2.29. The Labute approximate surface area is 124 Å². The van der Waals surface area contributed by atoms with Crippen LogP contribution in [0.5, 0.6) is 0 Å². The Hall–Kier alpha value is -2.04. The first-order chi connectivity index (χ1) is 9.83. The molecule has 0 bridgehead atoms. The van der Waals surface area contributed by atoms with E-state index in [2.05, 4.69) is 5.32 Å². The van der Waals surface area contributed by atoms with E-state index in [1.54, 1.807) is 20.8 Å². The highest BCUT2D eigenvalue weighted by atomic mass is 16.6. The van der Waals surface area contributed by atoms with Crippen molar-refractivity contribution in [2.45, 2.75) is 45.3 Å². The molecule has 1 amide bonds. The highest BCUT2D eigenvalue weighted by Gasteiger charge is 2.24. The number of carbonyl (C=O) groups is 2. The standard InChI is InChI=1S/C16H21NO4/c1-16(2,3)21-15(19)17-10-14(18)20-13-8-11-6-4-5-7-12(11)9-13/h4-7,13H,8-10H2,1-3H3,(H,17,19). The van der Waals surface area contributed by atoms with Crippen LogP contribution in [0.4, 0.5) is 4.79 Å². The highest BCUT2D eigenvalue weighted by Crippen LogP contribution is 2.23. The minimum Gasteiger partial charge on any atom is -0.460 e. The lowest BCUT2D eigenvalue weighted by Gasteiger charge is -2.19. The zero-order valence-corrected chi connectivity index (χ0v) is 12.6. The predicted octanol–water partition coefficient (Wildman–Crippen LogP) is 2.22. The molecular weight excluding hydrogens is 270 g/mol. The summed E-state index contributed by atoms with van der Waals surface area (Å²) < 4.78 is 10.4. The third-order valence-electron chi connectivity index (χ3n) is 3.09. The van der Waals surface area contributed by atoms with Gasteiger partial charge in [0, 0.05) is 12.8 Å². The van der Waals surface area contributed by atoms with Crippen LogP contribution in [0.3, 0.4) is 0 Å². The minimum absolute atomic E-state index is 0.143. The molecule has 1 aliphatic carbocycles. The number of ether oxygens (including phenoxy) is 2. The van der Waals surface area contributed by atoms with Crippen molar-refractivity contribution in [1.82, 2.24) is 5.32 Å². The lowest BCUT2D eigenvalue weighted by Crippen LogP contribution is -2.37. The summed E-state index contributed by atoms with van der Waals surface area (Å²) in [6.07, 6.45) is 0.701. The molecular formula is C16H21NO4.